The molecule has 0 aliphatic carbocycles. The number of rotatable bonds is 4. The fourth-order valence-corrected chi connectivity index (χ4v) is 1.74. The summed E-state index contributed by atoms with van der Waals surface area (Å²) in [4.78, 5) is 39.0. The number of nitrogens with one attached hydrogen (secondary N) is 1. The predicted molar refractivity (Wildman–Crippen MR) is 88.4 cm³/mol. The van der Waals surface area contributed by atoms with Crippen LogP contribution in [0.5, 0.6) is 0 Å². The van der Waals surface area contributed by atoms with Crippen LogP contribution in [0.1, 0.15) is 47.2 Å². The third-order valence-corrected chi connectivity index (χ3v) is 2.64. The number of carboxylic acids is 1. The largest absolute Gasteiger partial charge is 0.480 e. The van der Waals surface area contributed by atoms with E-state index in [2.05, 4.69) is 10.3 Å². The smallest absolute Gasteiger partial charge is 0.419 e. The number of ether oxygens (including phenoxy) is 2. The van der Waals surface area contributed by atoms with Gasteiger partial charge in [-0.25, -0.2) is 23.9 Å². The van der Waals surface area contributed by atoms with E-state index in [1.54, 1.807) is 41.5 Å². The molecular weight excluding hydrogens is 330 g/mol. The second-order valence-corrected chi connectivity index (χ2v) is 7.49. The molecule has 1 rings (SSSR count). The number of carboxylic acid groups (broad SMARTS) is 1. The van der Waals surface area contributed by atoms with Crippen molar-refractivity contribution in [1.29, 1.82) is 0 Å². The zero-order chi connectivity index (χ0) is 19.4. The lowest BCUT2D eigenvalue weighted by Crippen LogP contribution is -2.44. The van der Waals surface area contributed by atoms with Gasteiger partial charge in [-0.1, -0.05) is 0 Å². The molecule has 9 heteroatoms. The van der Waals surface area contributed by atoms with Crippen molar-refractivity contribution in [2.45, 2.75) is 65.2 Å². The fraction of sp³-hybridized carbons (Fsp3) is 0.625. The van der Waals surface area contributed by atoms with Gasteiger partial charge in [0.05, 0.1) is 5.69 Å². The molecule has 1 aromatic rings. The van der Waals surface area contributed by atoms with Gasteiger partial charge in [0.15, 0.2) is 0 Å². The van der Waals surface area contributed by atoms with Crippen molar-refractivity contribution < 1.29 is 29.0 Å². The van der Waals surface area contributed by atoms with Crippen LogP contribution >= 0.6 is 0 Å². The molecule has 1 aromatic heterocycles. The molecular formula is C16H25N3O6. The standard InChI is InChI=1S/C16H25N3O6/c1-15(2,3)24-13(22)18-11(12(20)21)7-10-8-19(9-17-10)14(23)25-16(4,5)6/h8-9,11H,7H2,1-6H3,(H,18,22)(H,20,21)/t11-/m1/s1. The summed E-state index contributed by atoms with van der Waals surface area (Å²) in [5.74, 6) is -1.24. The summed E-state index contributed by atoms with van der Waals surface area (Å²) < 4.78 is 11.3. The molecule has 0 fully saturated rings. The molecule has 1 atom stereocenters. The number of alkyl carbamates (subject to hydrolysis) is 1. The minimum Gasteiger partial charge on any atom is -0.480 e. The number of hydrogen-bond acceptors (Lipinski definition) is 6. The Morgan fingerprint density at radius 1 is 1.16 bits per heavy atom. The van der Waals surface area contributed by atoms with Crippen molar-refractivity contribution in [3.63, 3.8) is 0 Å². The van der Waals surface area contributed by atoms with Gasteiger partial charge in [-0.2, -0.15) is 0 Å². The third kappa shape index (κ3) is 7.69. The number of carbonyl (C=O) groups excluding carboxylic acids is 2. The molecule has 0 saturated heterocycles. The van der Waals surface area contributed by atoms with Gasteiger partial charge in [-0.05, 0) is 41.5 Å². The maximum Gasteiger partial charge on any atom is 0.419 e. The maximum absolute atomic E-state index is 11.9. The van der Waals surface area contributed by atoms with Crippen LogP contribution in [0.4, 0.5) is 9.59 Å². The number of amides is 1. The summed E-state index contributed by atoms with van der Waals surface area (Å²) >= 11 is 0. The highest BCUT2D eigenvalue weighted by atomic mass is 16.6. The molecule has 0 radical (unpaired) electrons. The van der Waals surface area contributed by atoms with Crippen molar-refractivity contribution in [1.82, 2.24) is 14.9 Å². The topological polar surface area (TPSA) is 120 Å². The van der Waals surface area contributed by atoms with Gasteiger partial charge < -0.3 is 19.9 Å². The number of aromatic nitrogens is 2. The van der Waals surface area contributed by atoms with E-state index in [0.717, 1.165) is 4.57 Å². The SMILES string of the molecule is CC(C)(C)OC(=O)N[C@H](Cc1cn(C(=O)OC(C)(C)C)cn1)C(=O)O. The molecule has 1 amide bonds. The summed E-state index contributed by atoms with van der Waals surface area (Å²) in [7, 11) is 0. The first-order valence-electron chi connectivity index (χ1n) is 7.75. The normalized spacial score (nSPS) is 13.0. The fourth-order valence-electron chi connectivity index (χ4n) is 1.74. The molecule has 1 heterocycles. The van der Waals surface area contributed by atoms with Crippen LogP contribution in [0.25, 0.3) is 0 Å². The number of carbonyl (C=O) groups is 3. The molecule has 2 N–H and O–H groups in total. The number of aliphatic carboxylic acids is 1. The number of hydrogen-bond donors (Lipinski definition) is 2. The summed E-state index contributed by atoms with van der Waals surface area (Å²) in [5, 5.41) is 11.5. The first-order chi connectivity index (χ1) is 11.3. The van der Waals surface area contributed by atoms with Gasteiger partial charge in [-0.3, -0.25) is 0 Å². The quantitative estimate of drug-likeness (QED) is 0.849. The zero-order valence-corrected chi connectivity index (χ0v) is 15.3. The van der Waals surface area contributed by atoms with Crippen LogP contribution < -0.4 is 5.32 Å². The van der Waals surface area contributed by atoms with Gasteiger partial charge in [0.1, 0.15) is 23.6 Å². The van der Waals surface area contributed by atoms with Gasteiger partial charge in [-0.15, -0.1) is 0 Å². The Balaban J connectivity index is 2.76. The van der Waals surface area contributed by atoms with Crippen LogP contribution in [0.2, 0.25) is 0 Å². The lowest BCUT2D eigenvalue weighted by molar-refractivity contribution is -0.139. The Kier molecular flexibility index (Phi) is 6.17. The Bertz CT molecular complexity index is 639. The van der Waals surface area contributed by atoms with Crippen molar-refractivity contribution in [3.8, 4) is 0 Å². The van der Waals surface area contributed by atoms with Crippen LogP contribution in [0.3, 0.4) is 0 Å². The van der Waals surface area contributed by atoms with Crippen molar-refractivity contribution in [3.05, 3.63) is 18.2 Å². The van der Waals surface area contributed by atoms with Gasteiger partial charge in [0.2, 0.25) is 0 Å². The van der Waals surface area contributed by atoms with Gasteiger partial charge in [0.25, 0.3) is 0 Å². The maximum atomic E-state index is 11.9. The average molecular weight is 355 g/mol. The van der Waals surface area contributed by atoms with Crippen LogP contribution in [-0.2, 0) is 20.7 Å². The molecule has 0 aromatic carbocycles. The molecule has 0 saturated carbocycles. The first-order valence-corrected chi connectivity index (χ1v) is 7.75. The third-order valence-electron chi connectivity index (χ3n) is 2.64. The minimum absolute atomic E-state index is 0.107. The molecule has 0 aliphatic heterocycles. The predicted octanol–water partition coefficient (Wildman–Crippen LogP) is 2.19. The van der Waals surface area contributed by atoms with E-state index >= 15 is 0 Å². The van der Waals surface area contributed by atoms with Crippen LogP contribution in [0.15, 0.2) is 12.5 Å². The lowest BCUT2D eigenvalue weighted by Gasteiger charge is -2.21. The van der Waals surface area contributed by atoms with E-state index in [-0.39, 0.29) is 6.42 Å². The van der Waals surface area contributed by atoms with Crippen molar-refractivity contribution in [2.24, 2.45) is 0 Å². The van der Waals surface area contributed by atoms with E-state index in [1.165, 1.54) is 12.5 Å². The van der Waals surface area contributed by atoms with Gasteiger partial charge in [0, 0.05) is 12.6 Å². The summed E-state index contributed by atoms with van der Waals surface area (Å²) in [5.41, 5.74) is -1.09. The Morgan fingerprint density at radius 2 is 1.72 bits per heavy atom. The molecule has 9 nitrogen and oxygen atoms in total. The summed E-state index contributed by atoms with van der Waals surface area (Å²) in [6.07, 6.45) is 1.02. The van der Waals surface area contributed by atoms with E-state index in [9.17, 15) is 19.5 Å². The second-order valence-electron chi connectivity index (χ2n) is 7.49. The molecule has 140 valence electrons. The molecule has 0 bridgehead atoms. The molecule has 0 aliphatic rings. The Hall–Kier alpha value is -2.58. The van der Waals surface area contributed by atoms with Crippen molar-refractivity contribution >= 4 is 18.2 Å². The minimum atomic E-state index is -1.24. The van der Waals surface area contributed by atoms with E-state index < -0.39 is 35.4 Å². The summed E-state index contributed by atoms with van der Waals surface area (Å²) in [6, 6.07) is -1.24. The summed E-state index contributed by atoms with van der Waals surface area (Å²) in [6.45, 7) is 10.2. The number of nitrogens with zero attached hydrogens (tertiary/aromatic N) is 2. The first kappa shape index (κ1) is 20.5. The van der Waals surface area contributed by atoms with Crippen LogP contribution in [-0.4, -0.2) is 50.1 Å². The monoisotopic (exact) mass is 355 g/mol. The lowest BCUT2D eigenvalue weighted by atomic mass is 10.1. The van der Waals surface area contributed by atoms with E-state index in [1.807, 2.05) is 0 Å². The Morgan fingerprint density at radius 3 is 2.20 bits per heavy atom. The van der Waals surface area contributed by atoms with E-state index in [4.69, 9.17) is 9.47 Å². The average Bonchev–Trinajstić information content (AvgIpc) is 2.82. The van der Waals surface area contributed by atoms with Gasteiger partial charge >= 0.3 is 18.2 Å². The highest BCUT2D eigenvalue weighted by molar-refractivity contribution is 5.80. The Labute approximate surface area is 146 Å². The highest BCUT2D eigenvalue weighted by Gasteiger charge is 2.25. The highest BCUT2D eigenvalue weighted by Crippen LogP contribution is 2.11. The van der Waals surface area contributed by atoms with Crippen LogP contribution in [0, 0.1) is 0 Å². The second kappa shape index (κ2) is 7.54. The van der Waals surface area contributed by atoms with Crippen molar-refractivity contribution in [2.75, 3.05) is 0 Å². The van der Waals surface area contributed by atoms with E-state index in [0.29, 0.717) is 5.69 Å². The molecule has 25 heavy (non-hydrogen) atoms. The molecule has 0 spiro atoms. The molecule has 0 unspecified atom stereocenters. The zero-order valence-electron chi connectivity index (χ0n) is 15.3. The number of imidazole rings is 1.